The predicted octanol–water partition coefficient (Wildman–Crippen LogP) is 8.73. The molecule has 0 spiro atoms. The molecule has 0 aliphatic carbocycles. The minimum absolute atomic E-state index is 0.228. The summed E-state index contributed by atoms with van der Waals surface area (Å²) in [5.41, 5.74) is 9.83. The van der Waals surface area contributed by atoms with Crippen LogP contribution in [0, 0.1) is 0 Å². The van der Waals surface area contributed by atoms with Crippen molar-refractivity contribution in [2.24, 2.45) is 5.10 Å². The molecular weight excluding hydrogens is 544 g/mol. The third-order valence-corrected chi connectivity index (χ3v) is 7.79. The number of rotatable bonds is 8. The lowest BCUT2D eigenvalue weighted by atomic mass is 9.87. The van der Waals surface area contributed by atoms with Crippen LogP contribution < -0.4 is 5.43 Å². The number of hydrazone groups is 1. The van der Waals surface area contributed by atoms with Crippen LogP contribution in [0.5, 0.6) is 0 Å². The molecule has 6 nitrogen and oxygen atoms in total. The summed E-state index contributed by atoms with van der Waals surface area (Å²) in [6.07, 6.45) is 3.92. The highest BCUT2D eigenvalue weighted by atomic mass is 16.6. The summed E-state index contributed by atoms with van der Waals surface area (Å²) in [6, 6.07) is 38.0. The Morgan fingerprint density at radius 1 is 0.705 bits per heavy atom. The average Bonchev–Trinajstić information content (AvgIpc) is 3.55. The molecule has 222 valence electrons. The zero-order valence-corrected chi connectivity index (χ0v) is 25.7. The molecule has 2 aromatic heterocycles. The quantitative estimate of drug-likeness (QED) is 0.144. The largest absolute Gasteiger partial charge is 0.443 e. The fourth-order valence-corrected chi connectivity index (χ4v) is 5.95. The Hall–Kier alpha value is -5.10. The van der Waals surface area contributed by atoms with Crippen LogP contribution in [0.3, 0.4) is 0 Å². The van der Waals surface area contributed by atoms with Crippen molar-refractivity contribution in [3.63, 3.8) is 0 Å². The minimum atomic E-state index is -0.622. The normalized spacial score (nSPS) is 12.2. The van der Waals surface area contributed by atoms with Gasteiger partial charge in [-0.3, -0.25) is 0 Å². The Bertz CT molecular complexity index is 1810. The highest BCUT2D eigenvalue weighted by Gasteiger charge is 2.27. The molecule has 6 aromatic rings. The summed E-state index contributed by atoms with van der Waals surface area (Å²) in [5.74, 6) is -0.228. The molecule has 4 aromatic carbocycles. The number of benzene rings is 4. The molecule has 0 bridgehead atoms. The standard InChI is InChI=1S/C38H38N4O2/c1-27(39-40-37(43)44-38(2,3)4)36(32-25-41(23-28-15-7-5-8-16-28)34-21-13-11-19-30(32)34)33-26-42(24-29-17-9-6-10-18-29)35-22-14-12-20-31(33)35/h5-22,25-26,36H,23-24H2,1-4H3,(H,40,43)/b39-27+. The second-order valence-electron chi connectivity index (χ2n) is 12.2. The van der Waals surface area contributed by atoms with Crippen molar-refractivity contribution in [1.29, 1.82) is 0 Å². The van der Waals surface area contributed by atoms with Gasteiger partial charge in [-0.05, 0) is 62.1 Å². The van der Waals surface area contributed by atoms with Gasteiger partial charge in [-0.1, -0.05) is 97.1 Å². The van der Waals surface area contributed by atoms with Crippen LogP contribution in [0.4, 0.5) is 4.79 Å². The average molecular weight is 583 g/mol. The molecule has 0 saturated carbocycles. The lowest BCUT2D eigenvalue weighted by Crippen LogP contribution is -2.30. The maximum absolute atomic E-state index is 12.6. The number of amides is 1. The van der Waals surface area contributed by atoms with Crippen LogP contribution in [-0.4, -0.2) is 26.5 Å². The lowest BCUT2D eigenvalue weighted by Gasteiger charge is -2.20. The van der Waals surface area contributed by atoms with Gasteiger partial charge in [0.15, 0.2) is 0 Å². The lowest BCUT2D eigenvalue weighted by molar-refractivity contribution is 0.0529. The number of carbonyl (C=O) groups is 1. The van der Waals surface area contributed by atoms with E-state index in [2.05, 4.69) is 129 Å². The molecule has 2 heterocycles. The number of aromatic nitrogens is 2. The van der Waals surface area contributed by atoms with Crippen molar-refractivity contribution in [3.8, 4) is 0 Å². The summed E-state index contributed by atoms with van der Waals surface area (Å²) in [6.45, 7) is 9.00. The molecular formula is C38H38N4O2. The number of carbonyl (C=O) groups excluding carboxylic acids is 1. The van der Waals surface area contributed by atoms with Crippen LogP contribution in [-0.2, 0) is 17.8 Å². The van der Waals surface area contributed by atoms with Crippen LogP contribution in [0.15, 0.2) is 127 Å². The Morgan fingerprint density at radius 3 is 1.59 bits per heavy atom. The van der Waals surface area contributed by atoms with E-state index in [9.17, 15) is 4.79 Å². The summed E-state index contributed by atoms with van der Waals surface area (Å²) >= 11 is 0. The first-order valence-corrected chi connectivity index (χ1v) is 15.0. The Kier molecular flexibility index (Phi) is 8.07. The van der Waals surface area contributed by atoms with Crippen molar-refractivity contribution in [3.05, 3.63) is 144 Å². The predicted molar refractivity (Wildman–Crippen MR) is 179 cm³/mol. The number of ether oxygens (including phenoxy) is 1. The third-order valence-electron chi connectivity index (χ3n) is 7.79. The number of para-hydroxylation sites is 2. The first-order valence-electron chi connectivity index (χ1n) is 15.0. The van der Waals surface area contributed by atoms with Gasteiger partial charge >= 0.3 is 6.09 Å². The highest BCUT2D eigenvalue weighted by Crippen LogP contribution is 2.38. The molecule has 0 radical (unpaired) electrons. The highest BCUT2D eigenvalue weighted by molar-refractivity contribution is 6.01. The topological polar surface area (TPSA) is 60.5 Å². The van der Waals surface area contributed by atoms with Gasteiger partial charge in [0.05, 0.1) is 5.92 Å². The second-order valence-corrected chi connectivity index (χ2v) is 12.2. The molecule has 0 aliphatic heterocycles. The summed E-state index contributed by atoms with van der Waals surface area (Å²) in [5, 5.41) is 6.94. The van der Waals surface area contributed by atoms with Gasteiger partial charge in [0.2, 0.25) is 0 Å². The molecule has 1 N–H and O–H groups in total. The third kappa shape index (κ3) is 6.30. The molecule has 6 heteroatoms. The van der Waals surface area contributed by atoms with Crippen molar-refractivity contribution in [1.82, 2.24) is 14.6 Å². The zero-order chi connectivity index (χ0) is 30.7. The van der Waals surface area contributed by atoms with Crippen molar-refractivity contribution >= 4 is 33.6 Å². The molecule has 0 saturated heterocycles. The van der Waals surface area contributed by atoms with E-state index in [1.165, 1.54) is 11.1 Å². The number of nitrogens with zero attached hydrogens (tertiary/aromatic N) is 3. The van der Waals surface area contributed by atoms with E-state index in [0.29, 0.717) is 0 Å². The zero-order valence-electron chi connectivity index (χ0n) is 25.7. The van der Waals surface area contributed by atoms with Gasteiger partial charge < -0.3 is 13.9 Å². The second kappa shape index (κ2) is 12.3. The molecule has 0 fully saturated rings. The van der Waals surface area contributed by atoms with Crippen LogP contribution in [0.25, 0.3) is 21.8 Å². The van der Waals surface area contributed by atoms with Gasteiger partial charge in [0, 0.05) is 53.0 Å². The number of nitrogens with one attached hydrogen (secondary N) is 1. The van der Waals surface area contributed by atoms with E-state index >= 15 is 0 Å². The fourth-order valence-electron chi connectivity index (χ4n) is 5.95. The molecule has 0 aliphatic rings. The van der Waals surface area contributed by atoms with Crippen molar-refractivity contribution in [2.45, 2.75) is 52.3 Å². The molecule has 6 rings (SSSR count). The van der Waals surface area contributed by atoms with E-state index in [1.54, 1.807) is 0 Å². The first kappa shape index (κ1) is 29.0. The maximum atomic E-state index is 12.6. The van der Waals surface area contributed by atoms with Gasteiger partial charge in [0.25, 0.3) is 0 Å². The maximum Gasteiger partial charge on any atom is 0.428 e. The smallest absolute Gasteiger partial charge is 0.428 e. The van der Waals surface area contributed by atoms with Gasteiger partial charge in [-0.15, -0.1) is 0 Å². The fraction of sp³-hybridized carbons (Fsp3) is 0.211. The molecule has 0 atom stereocenters. The van der Waals surface area contributed by atoms with Gasteiger partial charge in [-0.2, -0.15) is 5.10 Å². The Labute approximate surface area is 258 Å². The summed E-state index contributed by atoms with van der Waals surface area (Å²) < 4.78 is 10.1. The summed E-state index contributed by atoms with van der Waals surface area (Å²) in [7, 11) is 0. The van der Waals surface area contributed by atoms with E-state index in [0.717, 1.165) is 51.7 Å². The molecule has 1 amide bonds. The molecule has 0 unspecified atom stereocenters. The van der Waals surface area contributed by atoms with E-state index in [-0.39, 0.29) is 5.92 Å². The van der Waals surface area contributed by atoms with Crippen LogP contribution in [0.1, 0.15) is 55.9 Å². The Morgan fingerprint density at radius 2 is 1.14 bits per heavy atom. The van der Waals surface area contributed by atoms with E-state index < -0.39 is 11.7 Å². The number of hydrogen-bond acceptors (Lipinski definition) is 3. The van der Waals surface area contributed by atoms with Gasteiger partial charge in [0.1, 0.15) is 5.60 Å². The van der Waals surface area contributed by atoms with Crippen LogP contribution in [0.2, 0.25) is 0 Å². The van der Waals surface area contributed by atoms with E-state index in [1.807, 2.05) is 39.8 Å². The molecule has 44 heavy (non-hydrogen) atoms. The van der Waals surface area contributed by atoms with Gasteiger partial charge in [-0.25, -0.2) is 10.2 Å². The van der Waals surface area contributed by atoms with Crippen molar-refractivity contribution < 1.29 is 9.53 Å². The van der Waals surface area contributed by atoms with Crippen LogP contribution >= 0.6 is 0 Å². The Balaban J connectivity index is 1.51. The monoisotopic (exact) mass is 582 g/mol. The minimum Gasteiger partial charge on any atom is -0.443 e. The van der Waals surface area contributed by atoms with Crippen molar-refractivity contribution in [2.75, 3.05) is 0 Å². The summed E-state index contributed by atoms with van der Waals surface area (Å²) in [4.78, 5) is 12.6. The first-order chi connectivity index (χ1) is 21.3. The number of hydrogen-bond donors (Lipinski definition) is 1. The SMILES string of the molecule is C/C(=N\NC(=O)OC(C)(C)C)C(c1cn(Cc2ccccc2)c2ccccc12)c1cn(Cc2ccccc2)c2ccccc12. The number of fused-ring (bicyclic) bond motifs is 2. The van der Waals surface area contributed by atoms with E-state index in [4.69, 9.17) is 4.74 Å².